The van der Waals surface area contributed by atoms with Gasteiger partial charge in [-0.05, 0) is 13.8 Å². The third-order valence-electron chi connectivity index (χ3n) is 3.27. The summed E-state index contributed by atoms with van der Waals surface area (Å²) in [7, 11) is 0. The Balaban J connectivity index is 2.15. The predicted octanol–water partition coefficient (Wildman–Crippen LogP) is 1.92. The molecule has 2 aromatic heterocycles. The van der Waals surface area contributed by atoms with E-state index in [1.807, 2.05) is 19.2 Å². The van der Waals surface area contributed by atoms with Gasteiger partial charge in [-0.3, -0.25) is 0 Å². The molecule has 1 atom stereocenters. The molecule has 0 aliphatic carbocycles. The van der Waals surface area contributed by atoms with Gasteiger partial charge in [-0.15, -0.1) is 0 Å². The third-order valence-corrected chi connectivity index (χ3v) is 3.45. The summed E-state index contributed by atoms with van der Waals surface area (Å²) in [4.78, 5) is 6.70. The van der Waals surface area contributed by atoms with Gasteiger partial charge in [-0.25, -0.2) is 9.50 Å². The molecular formula is C12H15ClN4O. The van der Waals surface area contributed by atoms with Gasteiger partial charge in [0, 0.05) is 18.7 Å². The van der Waals surface area contributed by atoms with E-state index in [0.717, 1.165) is 36.8 Å². The van der Waals surface area contributed by atoms with Crippen LogP contribution in [0, 0.1) is 6.92 Å². The Kier molecular flexibility index (Phi) is 2.87. The number of fused-ring (bicyclic) bond motifs is 1. The highest BCUT2D eigenvalue weighted by Gasteiger charge is 2.23. The number of hydrogen-bond acceptors (Lipinski definition) is 4. The predicted molar refractivity (Wildman–Crippen MR) is 70.4 cm³/mol. The van der Waals surface area contributed by atoms with E-state index in [1.54, 1.807) is 4.52 Å². The van der Waals surface area contributed by atoms with Crippen molar-refractivity contribution in [1.29, 1.82) is 0 Å². The number of morpholine rings is 1. The lowest BCUT2D eigenvalue weighted by molar-refractivity contribution is 0.0990. The van der Waals surface area contributed by atoms with Gasteiger partial charge in [0.1, 0.15) is 0 Å². The SMILES string of the molecule is Cc1cnc2c(N3CCOCC3C)cc(Cl)nn12. The summed E-state index contributed by atoms with van der Waals surface area (Å²) in [5.41, 5.74) is 2.86. The first-order chi connectivity index (χ1) is 8.66. The molecule has 0 bridgehead atoms. The van der Waals surface area contributed by atoms with Crippen LogP contribution in [0.5, 0.6) is 0 Å². The van der Waals surface area contributed by atoms with Crippen LogP contribution in [0.1, 0.15) is 12.6 Å². The highest BCUT2D eigenvalue weighted by molar-refractivity contribution is 6.29. The second-order valence-corrected chi connectivity index (χ2v) is 4.99. The maximum Gasteiger partial charge on any atom is 0.177 e. The minimum Gasteiger partial charge on any atom is -0.377 e. The zero-order valence-electron chi connectivity index (χ0n) is 10.4. The van der Waals surface area contributed by atoms with Crippen molar-refractivity contribution in [3.8, 4) is 0 Å². The number of imidazole rings is 1. The highest BCUT2D eigenvalue weighted by Crippen LogP contribution is 2.26. The maximum absolute atomic E-state index is 6.10. The normalized spacial score (nSPS) is 20.6. The van der Waals surface area contributed by atoms with E-state index in [4.69, 9.17) is 16.3 Å². The number of anilines is 1. The standard InChI is InChI=1S/C12H15ClN4O/c1-8-6-14-12-10(5-11(13)15-17(8)12)16-3-4-18-7-9(16)2/h5-6,9H,3-4,7H2,1-2H3. The Morgan fingerprint density at radius 3 is 3.11 bits per heavy atom. The number of rotatable bonds is 1. The highest BCUT2D eigenvalue weighted by atomic mass is 35.5. The summed E-state index contributed by atoms with van der Waals surface area (Å²) in [6.45, 7) is 6.42. The minimum atomic E-state index is 0.318. The van der Waals surface area contributed by atoms with Gasteiger partial charge in [-0.2, -0.15) is 5.10 Å². The van der Waals surface area contributed by atoms with Gasteiger partial charge < -0.3 is 9.64 Å². The fourth-order valence-electron chi connectivity index (χ4n) is 2.33. The number of ether oxygens (including phenoxy) is 1. The fourth-order valence-corrected chi connectivity index (χ4v) is 2.51. The summed E-state index contributed by atoms with van der Waals surface area (Å²) < 4.78 is 7.26. The van der Waals surface area contributed by atoms with Crippen molar-refractivity contribution in [2.24, 2.45) is 0 Å². The van der Waals surface area contributed by atoms with Crippen molar-refractivity contribution >= 4 is 22.9 Å². The Morgan fingerprint density at radius 1 is 1.50 bits per heavy atom. The zero-order chi connectivity index (χ0) is 12.7. The molecule has 0 N–H and O–H groups in total. The maximum atomic E-state index is 6.10. The topological polar surface area (TPSA) is 42.7 Å². The molecule has 0 amide bonds. The van der Waals surface area contributed by atoms with Crippen LogP contribution in [0.25, 0.3) is 5.65 Å². The molecule has 0 saturated carbocycles. The van der Waals surface area contributed by atoms with E-state index < -0.39 is 0 Å². The number of aromatic nitrogens is 3. The van der Waals surface area contributed by atoms with E-state index in [2.05, 4.69) is 21.9 Å². The summed E-state index contributed by atoms with van der Waals surface area (Å²) in [6, 6.07) is 2.20. The molecule has 0 radical (unpaired) electrons. The molecule has 0 aromatic carbocycles. The molecule has 18 heavy (non-hydrogen) atoms. The minimum absolute atomic E-state index is 0.318. The van der Waals surface area contributed by atoms with Crippen LogP contribution in [0.15, 0.2) is 12.3 Å². The van der Waals surface area contributed by atoms with Crippen LogP contribution in [0.2, 0.25) is 5.15 Å². The van der Waals surface area contributed by atoms with Crippen LogP contribution >= 0.6 is 11.6 Å². The van der Waals surface area contributed by atoms with Gasteiger partial charge in [-0.1, -0.05) is 11.6 Å². The van der Waals surface area contributed by atoms with Gasteiger partial charge in [0.15, 0.2) is 10.8 Å². The first-order valence-corrected chi connectivity index (χ1v) is 6.40. The molecule has 1 aliphatic rings. The molecule has 5 nitrogen and oxygen atoms in total. The van der Waals surface area contributed by atoms with Crippen molar-refractivity contribution in [2.45, 2.75) is 19.9 Å². The van der Waals surface area contributed by atoms with Crippen molar-refractivity contribution in [3.63, 3.8) is 0 Å². The quantitative estimate of drug-likeness (QED) is 0.791. The lowest BCUT2D eigenvalue weighted by Gasteiger charge is -2.35. The Hall–Kier alpha value is -1.33. The van der Waals surface area contributed by atoms with Gasteiger partial charge in [0.2, 0.25) is 0 Å². The molecule has 0 spiro atoms. The molecule has 96 valence electrons. The first kappa shape index (κ1) is 11.7. The summed E-state index contributed by atoms with van der Waals surface area (Å²) in [6.07, 6.45) is 1.81. The first-order valence-electron chi connectivity index (χ1n) is 6.02. The monoisotopic (exact) mass is 266 g/mol. The summed E-state index contributed by atoms with van der Waals surface area (Å²) >= 11 is 6.10. The Labute approximate surface area is 110 Å². The van der Waals surface area contributed by atoms with Crippen molar-refractivity contribution in [2.75, 3.05) is 24.7 Å². The molecule has 2 aromatic rings. The number of hydrogen-bond donors (Lipinski definition) is 0. The van der Waals surface area contributed by atoms with Crippen molar-refractivity contribution in [3.05, 3.63) is 23.1 Å². The molecule has 6 heteroatoms. The molecule has 1 saturated heterocycles. The van der Waals surface area contributed by atoms with Gasteiger partial charge in [0.05, 0.1) is 30.8 Å². The largest absolute Gasteiger partial charge is 0.377 e. The lowest BCUT2D eigenvalue weighted by Crippen LogP contribution is -2.44. The number of aryl methyl sites for hydroxylation is 1. The van der Waals surface area contributed by atoms with Gasteiger partial charge in [0.25, 0.3) is 0 Å². The molecule has 1 unspecified atom stereocenters. The number of nitrogens with zero attached hydrogens (tertiary/aromatic N) is 4. The Bertz CT molecular complexity index is 583. The molecule has 1 fully saturated rings. The molecule has 3 rings (SSSR count). The van der Waals surface area contributed by atoms with Crippen molar-refractivity contribution in [1.82, 2.24) is 14.6 Å². The van der Waals surface area contributed by atoms with E-state index in [9.17, 15) is 0 Å². The van der Waals surface area contributed by atoms with E-state index in [-0.39, 0.29) is 0 Å². The van der Waals surface area contributed by atoms with Crippen LogP contribution < -0.4 is 4.90 Å². The van der Waals surface area contributed by atoms with Crippen LogP contribution in [0.4, 0.5) is 5.69 Å². The van der Waals surface area contributed by atoms with E-state index in [1.165, 1.54) is 0 Å². The average molecular weight is 267 g/mol. The van der Waals surface area contributed by atoms with E-state index in [0.29, 0.717) is 11.2 Å². The molecule has 1 aliphatic heterocycles. The van der Waals surface area contributed by atoms with Crippen LogP contribution in [0.3, 0.4) is 0 Å². The molecule has 3 heterocycles. The second kappa shape index (κ2) is 4.40. The lowest BCUT2D eigenvalue weighted by atomic mass is 10.2. The second-order valence-electron chi connectivity index (χ2n) is 4.60. The average Bonchev–Trinajstić information content (AvgIpc) is 2.71. The van der Waals surface area contributed by atoms with Crippen LogP contribution in [-0.2, 0) is 4.74 Å². The van der Waals surface area contributed by atoms with Crippen LogP contribution in [-0.4, -0.2) is 40.4 Å². The third kappa shape index (κ3) is 1.83. The summed E-state index contributed by atoms with van der Waals surface area (Å²) in [5, 5.41) is 4.76. The molecular weight excluding hydrogens is 252 g/mol. The fraction of sp³-hybridized carbons (Fsp3) is 0.500. The van der Waals surface area contributed by atoms with E-state index >= 15 is 0 Å². The van der Waals surface area contributed by atoms with Gasteiger partial charge >= 0.3 is 0 Å². The zero-order valence-corrected chi connectivity index (χ0v) is 11.2. The van der Waals surface area contributed by atoms with Crippen molar-refractivity contribution < 1.29 is 4.74 Å². The summed E-state index contributed by atoms with van der Waals surface area (Å²) in [5.74, 6) is 0. The smallest absolute Gasteiger partial charge is 0.177 e. The number of halogens is 1. The Morgan fingerprint density at radius 2 is 2.33 bits per heavy atom.